The summed E-state index contributed by atoms with van der Waals surface area (Å²) in [6, 6.07) is 7.95. The highest BCUT2D eigenvalue weighted by Crippen LogP contribution is 2.60. The number of benzene rings is 1. The van der Waals surface area contributed by atoms with Crippen molar-refractivity contribution >= 4 is 23.5 Å². The van der Waals surface area contributed by atoms with Gasteiger partial charge in [0.25, 0.3) is 0 Å². The summed E-state index contributed by atoms with van der Waals surface area (Å²) in [6.45, 7) is 0. The summed E-state index contributed by atoms with van der Waals surface area (Å²) >= 11 is 6.10. The highest BCUT2D eigenvalue weighted by molar-refractivity contribution is 6.30. The van der Waals surface area contributed by atoms with E-state index in [1.54, 1.807) is 0 Å². The van der Waals surface area contributed by atoms with Crippen molar-refractivity contribution < 1.29 is 14.7 Å². The molecule has 0 aromatic heterocycles. The molecule has 0 aliphatic heterocycles. The lowest BCUT2D eigenvalue weighted by Crippen LogP contribution is -2.63. The molecule has 2 atom stereocenters. The van der Waals surface area contributed by atoms with Crippen LogP contribution in [-0.2, 0) is 15.0 Å². The molecule has 5 aliphatic rings. The number of carboxylic acid groups (broad SMARTS) is 1. The van der Waals surface area contributed by atoms with E-state index < -0.39 is 16.8 Å². The van der Waals surface area contributed by atoms with Gasteiger partial charge in [0.15, 0.2) is 0 Å². The molecule has 0 saturated heterocycles. The first kappa shape index (κ1) is 19.4. The molecule has 5 aliphatic carbocycles. The van der Waals surface area contributed by atoms with E-state index in [2.05, 4.69) is 5.32 Å². The zero-order valence-electron chi connectivity index (χ0n) is 16.8. The Balaban J connectivity index is 1.40. The van der Waals surface area contributed by atoms with Gasteiger partial charge in [0.05, 0.1) is 10.8 Å². The average molecular weight is 416 g/mol. The SMILES string of the molecule is O=C(O)C12CC3CC(C1)C(NC(=O)C1(c4ccc(Cl)cc4)CCCCC1)C(C3)C2. The van der Waals surface area contributed by atoms with Gasteiger partial charge in [-0.2, -0.15) is 0 Å². The first-order valence-corrected chi connectivity index (χ1v) is 11.6. The standard InChI is InChI=1S/C24H30ClNO3/c25-19-6-4-18(5-7-19)24(8-2-1-3-9-24)21(27)26-20-16-10-15-11-17(20)14-23(12-15,13-16)22(28)29/h4-7,15-17,20H,1-3,8-14H2,(H,26,27)(H,28,29). The molecular weight excluding hydrogens is 386 g/mol. The molecule has 29 heavy (non-hydrogen) atoms. The summed E-state index contributed by atoms with van der Waals surface area (Å²) in [5, 5.41) is 14.0. The molecular formula is C24H30ClNO3. The van der Waals surface area contributed by atoms with Crippen LogP contribution in [0.2, 0.25) is 5.02 Å². The summed E-state index contributed by atoms with van der Waals surface area (Å²) in [6.07, 6.45) is 9.52. The van der Waals surface area contributed by atoms with E-state index in [1.807, 2.05) is 24.3 Å². The minimum Gasteiger partial charge on any atom is -0.481 e. The van der Waals surface area contributed by atoms with Gasteiger partial charge in [-0.25, -0.2) is 0 Å². The smallest absolute Gasteiger partial charge is 0.309 e. The van der Waals surface area contributed by atoms with E-state index in [0.29, 0.717) is 22.8 Å². The van der Waals surface area contributed by atoms with Crippen LogP contribution in [0, 0.1) is 23.2 Å². The van der Waals surface area contributed by atoms with Gasteiger partial charge in [-0.15, -0.1) is 0 Å². The number of halogens is 1. The summed E-state index contributed by atoms with van der Waals surface area (Å²) in [7, 11) is 0. The maximum atomic E-state index is 13.8. The number of amides is 1. The number of aliphatic carboxylic acids is 1. The first-order chi connectivity index (χ1) is 13.9. The van der Waals surface area contributed by atoms with Crippen LogP contribution in [0.5, 0.6) is 0 Å². The number of carboxylic acids is 1. The Bertz CT molecular complexity index is 798. The lowest BCUT2D eigenvalue weighted by Gasteiger charge is -2.58. The van der Waals surface area contributed by atoms with E-state index in [9.17, 15) is 14.7 Å². The van der Waals surface area contributed by atoms with Crippen LogP contribution in [-0.4, -0.2) is 23.0 Å². The molecule has 0 heterocycles. The van der Waals surface area contributed by atoms with Crippen LogP contribution in [0.25, 0.3) is 0 Å². The second kappa shape index (κ2) is 7.01. The average Bonchev–Trinajstić information content (AvgIpc) is 2.71. The highest BCUT2D eigenvalue weighted by Gasteiger charge is 2.59. The van der Waals surface area contributed by atoms with E-state index in [4.69, 9.17) is 11.6 Å². The zero-order chi connectivity index (χ0) is 20.2. The predicted octanol–water partition coefficient (Wildman–Crippen LogP) is 4.94. The second-order valence-electron chi connectivity index (χ2n) is 10.2. The Morgan fingerprint density at radius 1 is 0.966 bits per heavy atom. The van der Waals surface area contributed by atoms with Crippen LogP contribution >= 0.6 is 11.6 Å². The van der Waals surface area contributed by atoms with Crippen molar-refractivity contribution in [2.24, 2.45) is 23.2 Å². The van der Waals surface area contributed by atoms with E-state index in [0.717, 1.165) is 63.4 Å². The van der Waals surface area contributed by atoms with E-state index >= 15 is 0 Å². The van der Waals surface area contributed by atoms with Crippen LogP contribution in [0.1, 0.15) is 69.8 Å². The molecule has 156 valence electrons. The Hall–Kier alpha value is -1.55. The molecule has 1 aromatic rings. The molecule has 2 N–H and O–H groups in total. The lowest BCUT2D eigenvalue weighted by molar-refractivity contribution is -0.168. The molecule has 4 bridgehead atoms. The molecule has 5 saturated carbocycles. The van der Waals surface area contributed by atoms with Crippen molar-refractivity contribution in [1.82, 2.24) is 5.32 Å². The van der Waals surface area contributed by atoms with Crippen LogP contribution < -0.4 is 5.32 Å². The Morgan fingerprint density at radius 3 is 2.17 bits per heavy atom. The fourth-order valence-electron chi connectivity index (χ4n) is 7.38. The number of carbonyl (C=O) groups excluding carboxylic acids is 1. The van der Waals surface area contributed by atoms with Crippen molar-refractivity contribution in [3.05, 3.63) is 34.9 Å². The minimum atomic E-state index is -0.619. The van der Waals surface area contributed by atoms with Crippen molar-refractivity contribution in [3.8, 4) is 0 Å². The van der Waals surface area contributed by atoms with Gasteiger partial charge in [0.1, 0.15) is 0 Å². The fraction of sp³-hybridized carbons (Fsp3) is 0.667. The quantitative estimate of drug-likeness (QED) is 0.732. The normalized spacial score (nSPS) is 37.3. The summed E-state index contributed by atoms with van der Waals surface area (Å²) in [5.74, 6) is 0.684. The third-order valence-electron chi connectivity index (χ3n) is 8.56. The first-order valence-electron chi connectivity index (χ1n) is 11.2. The van der Waals surface area contributed by atoms with Gasteiger partial charge in [-0.05, 0) is 80.4 Å². The van der Waals surface area contributed by atoms with Crippen LogP contribution in [0.15, 0.2) is 24.3 Å². The number of hydrogen-bond donors (Lipinski definition) is 2. The molecule has 1 aromatic carbocycles. The maximum Gasteiger partial charge on any atom is 0.309 e. The molecule has 5 fully saturated rings. The predicted molar refractivity (Wildman–Crippen MR) is 112 cm³/mol. The molecule has 0 radical (unpaired) electrons. The molecule has 0 spiro atoms. The van der Waals surface area contributed by atoms with Gasteiger partial charge < -0.3 is 10.4 Å². The van der Waals surface area contributed by atoms with Crippen LogP contribution in [0.4, 0.5) is 0 Å². The van der Waals surface area contributed by atoms with Gasteiger partial charge in [0.2, 0.25) is 5.91 Å². The summed E-state index contributed by atoms with van der Waals surface area (Å²) in [5.41, 5.74) is 0.0724. The molecule has 6 rings (SSSR count). The molecule has 1 amide bonds. The summed E-state index contributed by atoms with van der Waals surface area (Å²) in [4.78, 5) is 25.7. The molecule has 5 heteroatoms. The van der Waals surface area contributed by atoms with E-state index in [-0.39, 0.29) is 11.9 Å². The maximum absolute atomic E-state index is 13.8. The molecule has 4 nitrogen and oxygen atoms in total. The fourth-order valence-corrected chi connectivity index (χ4v) is 7.51. The minimum absolute atomic E-state index is 0.137. The Morgan fingerprint density at radius 2 is 1.59 bits per heavy atom. The Kier molecular flexibility index (Phi) is 4.69. The third-order valence-corrected chi connectivity index (χ3v) is 8.82. The topological polar surface area (TPSA) is 66.4 Å². The summed E-state index contributed by atoms with van der Waals surface area (Å²) < 4.78 is 0. The highest BCUT2D eigenvalue weighted by atomic mass is 35.5. The van der Waals surface area contributed by atoms with Crippen molar-refractivity contribution in [1.29, 1.82) is 0 Å². The number of nitrogens with one attached hydrogen (secondary N) is 1. The number of rotatable bonds is 4. The number of hydrogen-bond acceptors (Lipinski definition) is 2. The zero-order valence-corrected chi connectivity index (χ0v) is 17.6. The largest absolute Gasteiger partial charge is 0.481 e. The Labute approximate surface area is 177 Å². The second-order valence-corrected chi connectivity index (χ2v) is 10.6. The van der Waals surface area contributed by atoms with Crippen molar-refractivity contribution in [2.45, 2.75) is 75.7 Å². The van der Waals surface area contributed by atoms with Gasteiger partial charge in [-0.1, -0.05) is 43.0 Å². The van der Waals surface area contributed by atoms with Crippen molar-refractivity contribution in [3.63, 3.8) is 0 Å². The molecule has 2 unspecified atom stereocenters. The van der Waals surface area contributed by atoms with Gasteiger partial charge >= 0.3 is 5.97 Å². The van der Waals surface area contributed by atoms with Crippen LogP contribution in [0.3, 0.4) is 0 Å². The van der Waals surface area contributed by atoms with Gasteiger partial charge in [-0.3, -0.25) is 9.59 Å². The lowest BCUT2D eigenvalue weighted by atomic mass is 9.48. The number of carbonyl (C=O) groups is 2. The third kappa shape index (κ3) is 3.10. The van der Waals surface area contributed by atoms with Crippen molar-refractivity contribution in [2.75, 3.05) is 0 Å². The monoisotopic (exact) mass is 415 g/mol. The van der Waals surface area contributed by atoms with Gasteiger partial charge in [0, 0.05) is 11.1 Å². The van der Waals surface area contributed by atoms with E-state index in [1.165, 1.54) is 6.42 Å².